The van der Waals surface area contributed by atoms with Crippen molar-refractivity contribution < 1.29 is 5.11 Å². The summed E-state index contributed by atoms with van der Waals surface area (Å²) in [5.41, 5.74) is 1.34. The first kappa shape index (κ1) is 16.8. The van der Waals surface area contributed by atoms with Gasteiger partial charge in [0.1, 0.15) is 7.41 Å². The molecule has 4 nitrogen and oxygen atoms in total. The van der Waals surface area contributed by atoms with E-state index in [1.807, 2.05) is 0 Å². The molecule has 1 saturated heterocycles. The van der Waals surface area contributed by atoms with E-state index >= 15 is 0 Å². The van der Waals surface area contributed by atoms with E-state index in [1.54, 1.807) is 0 Å². The summed E-state index contributed by atoms with van der Waals surface area (Å²) in [5, 5.41) is 9.74. The zero-order valence-electron chi connectivity index (χ0n) is 14.5. The van der Waals surface area contributed by atoms with Crippen molar-refractivity contribution in [3.63, 3.8) is 0 Å². The average Bonchev–Trinajstić information content (AvgIpc) is 3.15. The largest absolute Gasteiger partial charge is 0.395 e. The Kier molecular flexibility index (Phi) is 4.96. The van der Waals surface area contributed by atoms with E-state index in [2.05, 4.69) is 77.6 Å². The Labute approximate surface area is 140 Å². The molecular formula is C18H29N3OP+. The van der Waals surface area contributed by atoms with Crippen LogP contribution in [0.1, 0.15) is 18.4 Å². The van der Waals surface area contributed by atoms with Crippen LogP contribution in [0.15, 0.2) is 42.7 Å². The fraction of sp³-hybridized carbons (Fsp3) is 0.556. The Morgan fingerprint density at radius 1 is 1.17 bits per heavy atom. The molecule has 0 bridgehead atoms. The van der Waals surface area contributed by atoms with Gasteiger partial charge in [0, 0.05) is 32.5 Å². The predicted molar refractivity (Wildman–Crippen MR) is 98.3 cm³/mol. The zero-order valence-corrected chi connectivity index (χ0v) is 15.4. The molecule has 2 aliphatic heterocycles. The van der Waals surface area contributed by atoms with Gasteiger partial charge in [0.05, 0.1) is 26.0 Å². The van der Waals surface area contributed by atoms with Gasteiger partial charge in [-0.25, -0.2) is 0 Å². The topological polar surface area (TPSA) is 30.0 Å². The molecule has 2 aliphatic rings. The van der Waals surface area contributed by atoms with Gasteiger partial charge >= 0.3 is 0 Å². The first-order chi connectivity index (χ1) is 11.0. The maximum Gasteiger partial charge on any atom is 0.230 e. The molecule has 2 heterocycles. The maximum atomic E-state index is 9.74. The Bertz CT molecular complexity index is 548. The monoisotopic (exact) mass is 334 g/mol. The first-order valence-corrected chi connectivity index (χ1v) is 11.2. The lowest BCUT2D eigenvalue weighted by Crippen LogP contribution is -2.45. The van der Waals surface area contributed by atoms with Crippen LogP contribution in [0.4, 0.5) is 0 Å². The van der Waals surface area contributed by atoms with Gasteiger partial charge in [0.15, 0.2) is 0 Å². The third-order valence-corrected chi connectivity index (χ3v) is 8.79. The molecule has 1 fully saturated rings. The lowest BCUT2D eigenvalue weighted by atomic mass is 10.2. The summed E-state index contributed by atoms with van der Waals surface area (Å²) in [4.78, 5) is 4.82. The molecule has 0 radical (unpaired) electrons. The van der Waals surface area contributed by atoms with Crippen LogP contribution in [0, 0.1) is 0 Å². The van der Waals surface area contributed by atoms with Crippen LogP contribution in [0.25, 0.3) is 0 Å². The number of benzene rings is 1. The van der Waals surface area contributed by atoms with Crippen molar-refractivity contribution in [2.75, 3.05) is 33.5 Å². The van der Waals surface area contributed by atoms with E-state index < -0.39 is 7.41 Å². The summed E-state index contributed by atoms with van der Waals surface area (Å²) in [6.45, 7) is 7.19. The minimum Gasteiger partial charge on any atom is -0.395 e. The van der Waals surface area contributed by atoms with Gasteiger partial charge in [-0.15, -0.1) is 0 Å². The molecular weight excluding hydrogens is 305 g/mol. The fourth-order valence-corrected chi connectivity index (χ4v) is 7.94. The lowest BCUT2D eigenvalue weighted by Gasteiger charge is -2.42. The summed E-state index contributed by atoms with van der Waals surface area (Å²) in [7, 11) is 0.781. The Morgan fingerprint density at radius 2 is 1.91 bits per heavy atom. The molecule has 0 amide bonds. The summed E-state index contributed by atoms with van der Waals surface area (Å²) < 4.78 is 2.61. The van der Waals surface area contributed by atoms with Gasteiger partial charge in [0.25, 0.3) is 0 Å². The van der Waals surface area contributed by atoms with Crippen molar-refractivity contribution in [2.45, 2.75) is 31.3 Å². The van der Waals surface area contributed by atoms with Crippen LogP contribution in [0.5, 0.6) is 0 Å². The number of aliphatic hydroxyl groups is 1. The molecule has 1 aromatic rings. The Balaban J connectivity index is 1.80. The van der Waals surface area contributed by atoms with Crippen LogP contribution in [-0.2, 0) is 6.54 Å². The zero-order chi connectivity index (χ0) is 16.4. The SMILES string of the molecule is CN1C=CN(Cc2ccccc2)C1[P+](C)(C)N1CCCC1CO. The molecule has 23 heavy (non-hydrogen) atoms. The van der Waals surface area contributed by atoms with Crippen molar-refractivity contribution >= 4 is 7.41 Å². The summed E-state index contributed by atoms with van der Waals surface area (Å²) in [5.74, 6) is 0.384. The molecule has 126 valence electrons. The fourth-order valence-electron chi connectivity index (χ4n) is 4.13. The number of nitrogens with zero attached hydrogens (tertiary/aromatic N) is 3. The molecule has 3 rings (SSSR count). The van der Waals surface area contributed by atoms with Crippen LogP contribution in [-0.4, -0.2) is 65.1 Å². The van der Waals surface area contributed by atoms with Crippen LogP contribution >= 0.6 is 7.41 Å². The van der Waals surface area contributed by atoms with E-state index in [1.165, 1.54) is 12.0 Å². The van der Waals surface area contributed by atoms with Gasteiger partial charge in [-0.3, -0.25) is 0 Å². The van der Waals surface area contributed by atoms with Crippen LogP contribution in [0.3, 0.4) is 0 Å². The highest BCUT2D eigenvalue weighted by Gasteiger charge is 2.52. The van der Waals surface area contributed by atoms with E-state index in [0.717, 1.165) is 19.5 Å². The average molecular weight is 334 g/mol. The Morgan fingerprint density at radius 3 is 2.61 bits per heavy atom. The first-order valence-electron chi connectivity index (χ1n) is 8.45. The number of aliphatic hydroxyl groups excluding tert-OH is 1. The number of hydrogen-bond acceptors (Lipinski definition) is 4. The van der Waals surface area contributed by atoms with Gasteiger partial charge in [-0.2, -0.15) is 4.67 Å². The van der Waals surface area contributed by atoms with Crippen LogP contribution < -0.4 is 0 Å². The summed E-state index contributed by atoms with van der Waals surface area (Å²) in [6, 6.07) is 11.0. The standard InChI is InChI=1S/C18H29N3OP/c1-19-12-13-20(14-16-8-5-4-6-9-16)18(19)23(2,3)21-11-7-10-17(21)15-22/h4-6,8-9,12-13,17-18,22H,7,10-11,14-15H2,1-3H3/q+1. The van der Waals surface area contributed by atoms with Crippen molar-refractivity contribution in [3.05, 3.63) is 48.3 Å². The molecule has 1 aromatic carbocycles. The summed E-state index contributed by atoms with van der Waals surface area (Å²) >= 11 is 0. The molecule has 5 heteroatoms. The van der Waals surface area contributed by atoms with Crippen molar-refractivity contribution in [3.8, 4) is 0 Å². The van der Waals surface area contributed by atoms with E-state index in [9.17, 15) is 5.11 Å². The lowest BCUT2D eigenvalue weighted by molar-refractivity contribution is 0.199. The molecule has 1 N–H and O–H groups in total. The maximum absolute atomic E-state index is 9.74. The third-order valence-electron chi connectivity index (χ3n) is 5.15. The molecule has 0 aromatic heterocycles. The second-order valence-electron chi connectivity index (χ2n) is 7.09. The second-order valence-corrected chi connectivity index (χ2v) is 11.0. The van der Waals surface area contributed by atoms with Gasteiger partial charge in [0.2, 0.25) is 5.91 Å². The van der Waals surface area contributed by atoms with Crippen molar-refractivity contribution in [2.24, 2.45) is 0 Å². The number of hydrogen-bond donors (Lipinski definition) is 1. The minimum atomic E-state index is -1.40. The molecule has 2 unspecified atom stereocenters. The molecule has 0 spiro atoms. The Hall–Kier alpha value is -1.09. The van der Waals surface area contributed by atoms with Gasteiger partial charge in [-0.05, 0) is 18.4 Å². The van der Waals surface area contributed by atoms with Crippen LogP contribution in [0.2, 0.25) is 0 Å². The highest BCUT2D eigenvalue weighted by Crippen LogP contribution is 2.64. The second kappa shape index (κ2) is 6.80. The predicted octanol–water partition coefficient (Wildman–Crippen LogP) is 2.84. The number of rotatable bonds is 5. The van der Waals surface area contributed by atoms with Crippen molar-refractivity contribution in [1.29, 1.82) is 0 Å². The van der Waals surface area contributed by atoms with E-state index in [-0.39, 0.29) is 6.61 Å². The molecule has 0 aliphatic carbocycles. The van der Waals surface area contributed by atoms with E-state index in [4.69, 9.17) is 0 Å². The van der Waals surface area contributed by atoms with Crippen molar-refractivity contribution in [1.82, 2.24) is 14.5 Å². The highest BCUT2D eigenvalue weighted by atomic mass is 31.2. The molecule has 0 saturated carbocycles. The van der Waals surface area contributed by atoms with Gasteiger partial charge in [-0.1, -0.05) is 30.3 Å². The smallest absolute Gasteiger partial charge is 0.230 e. The normalized spacial score (nSPS) is 25.6. The third kappa shape index (κ3) is 3.26. The summed E-state index contributed by atoms with van der Waals surface area (Å²) in [6.07, 6.45) is 6.75. The quantitative estimate of drug-likeness (QED) is 0.839. The van der Waals surface area contributed by atoms with Gasteiger partial charge < -0.3 is 14.9 Å². The van der Waals surface area contributed by atoms with E-state index in [0.29, 0.717) is 11.9 Å². The molecule has 2 atom stereocenters. The minimum absolute atomic E-state index is 0.284. The highest BCUT2D eigenvalue weighted by molar-refractivity contribution is 7.72.